The van der Waals surface area contributed by atoms with Crippen LogP contribution in [0.2, 0.25) is 0 Å². The van der Waals surface area contributed by atoms with Gasteiger partial charge in [-0.3, -0.25) is 10.1 Å². The molecule has 0 bridgehead atoms. The highest BCUT2D eigenvalue weighted by Crippen LogP contribution is 2.38. The van der Waals surface area contributed by atoms with Crippen molar-refractivity contribution in [2.24, 2.45) is 0 Å². The van der Waals surface area contributed by atoms with Gasteiger partial charge >= 0.3 is 0 Å². The van der Waals surface area contributed by atoms with Crippen LogP contribution in [0.5, 0.6) is 11.5 Å². The molecule has 0 unspecified atom stereocenters. The van der Waals surface area contributed by atoms with Crippen molar-refractivity contribution in [1.82, 2.24) is 0 Å². The molecule has 0 radical (unpaired) electrons. The third-order valence-electron chi connectivity index (χ3n) is 2.56. The summed E-state index contributed by atoms with van der Waals surface area (Å²) in [6.45, 7) is 0. The predicted molar refractivity (Wildman–Crippen MR) is 79.9 cm³/mol. The normalized spacial score (nSPS) is 10.5. The van der Waals surface area contributed by atoms with Crippen molar-refractivity contribution >= 4 is 37.5 Å². The van der Waals surface area contributed by atoms with Crippen molar-refractivity contribution in [1.29, 1.82) is 0 Å². The number of nitrogens with zero attached hydrogens (tertiary/aromatic N) is 1. The average Bonchev–Trinajstić information content (AvgIpc) is 2.43. The van der Waals surface area contributed by atoms with Gasteiger partial charge in [0.25, 0.3) is 5.69 Å². The van der Waals surface area contributed by atoms with Crippen molar-refractivity contribution in [2.45, 2.75) is 5.33 Å². The average molecular weight is 423 g/mol. The second-order valence-corrected chi connectivity index (χ2v) is 5.32. The fourth-order valence-corrected chi connectivity index (χ4v) is 2.43. The summed E-state index contributed by atoms with van der Waals surface area (Å²) in [5.74, 6) is -2.43. The number of ether oxygens (including phenoxy) is 1. The van der Waals surface area contributed by atoms with E-state index < -0.39 is 22.3 Å². The molecule has 0 N–H and O–H groups in total. The van der Waals surface area contributed by atoms with E-state index in [0.29, 0.717) is 10.9 Å². The monoisotopic (exact) mass is 421 g/mol. The molecule has 8 heteroatoms. The van der Waals surface area contributed by atoms with E-state index in [-0.39, 0.29) is 15.9 Å². The first-order chi connectivity index (χ1) is 9.93. The highest BCUT2D eigenvalue weighted by molar-refractivity contribution is 9.10. The molecular weight excluding hydrogens is 416 g/mol. The molecule has 0 aliphatic carbocycles. The minimum absolute atomic E-state index is 0.0124. The van der Waals surface area contributed by atoms with Crippen LogP contribution >= 0.6 is 31.9 Å². The Morgan fingerprint density at radius 3 is 2.38 bits per heavy atom. The van der Waals surface area contributed by atoms with Gasteiger partial charge in [-0.15, -0.1) is 0 Å². The minimum Gasteiger partial charge on any atom is -0.450 e. The molecule has 0 fully saturated rings. The van der Waals surface area contributed by atoms with E-state index in [4.69, 9.17) is 4.74 Å². The second-order valence-electron chi connectivity index (χ2n) is 3.97. The van der Waals surface area contributed by atoms with Crippen LogP contribution in [0.3, 0.4) is 0 Å². The maximum atomic E-state index is 13.8. The molecule has 110 valence electrons. The molecule has 0 heterocycles. The fourth-order valence-electron chi connectivity index (χ4n) is 1.62. The number of hydrogen-bond acceptors (Lipinski definition) is 3. The van der Waals surface area contributed by atoms with Crippen LogP contribution in [0.15, 0.2) is 34.8 Å². The van der Waals surface area contributed by atoms with E-state index in [0.717, 1.165) is 12.1 Å². The van der Waals surface area contributed by atoms with Gasteiger partial charge in [-0.2, -0.15) is 0 Å². The Kier molecular flexibility index (Phi) is 4.89. The molecular formula is C13H7Br2F2NO3. The Morgan fingerprint density at radius 1 is 1.24 bits per heavy atom. The summed E-state index contributed by atoms with van der Waals surface area (Å²) in [5.41, 5.74) is 0.154. The summed E-state index contributed by atoms with van der Waals surface area (Å²) in [6, 6.07) is 6.23. The molecule has 0 saturated carbocycles. The Labute approximate surface area is 135 Å². The lowest BCUT2D eigenvalue weighted by atomic mass is 10.2. The number of halogens is 4. The number of hydrogen-bond donors (Lipinski definition) is 0. The highest BCUT2D eigenvalue weighted by atomic mass is 79.9. The number of benzene rings is 2. The largest absolute Gasteiger partial charge is 0.450 e. The van der Waals surface area contributed by atoms with E-state index in [1.54, 1.807) is 0 Å². The number of alkyl halides is 1. The standard InChI is InChI=1S/C13H7Br2F2NO3/c14-6-7-4-8(16)13(9(17)5-7)21-11-3-1-2-10(12(11)15)18(19)20/h1-5H,6H2. The first-order valence-corrected chi connectivity index (χ1v) is 7.50. The zero-order valence-electron chi connectivity index (χ0n) is 10.3. The zero-order valence-corrected chi connectivity index (χ0v) is 13.4. The van der Waals surface area contributed by atoms with Crippen LogP contribution in [-0.2, 0) is 5.33 Å². The maximum Gasteiger partial charge on any atom is 0.287 e. The van der Waals surface area contributed by atoms with E-state index in [9.17, 15) is 18.9 Å². The van der Waals surface area contributed by atoms with Gasteiger partial charge in [-0.1, -0.05) is 22.0 Å². The molecule has 0 spiro atoms. The summed E-state index contributed by atoms with van der Waals surface area (Å²) in [5, 5.41) is 11.1. The molecule has 0 atom stereocenters. The quantitative estimate of drug-likeness (QED) is 0.380. The number of rotatable bonds is 4. The van der Waals surface area contributed by atoms with E-state index in [1.165, 1.54) is 18.2 Å². The molecule has 0 saturated heterocycles. The lowest BCUT2D eigenvalue weighted by Gasteiger charge is -2.10. The summed E-state index contributed by atoms with van der Waals surface area (Å²) in [6.07, 6.45) is 0. The van der Waals surface area contributed by atoms with Gasteiger partial charge in [0.15, 0.2) is 17.4 Å². The minimum atomic E-state index is -0.886. The SMILES string of the molecule is O=[N+]([O-])c1cccc(Oc2c(F)cc(CBr)cc2F)c1Br. The molecule has 4 nitrogen and oxygen atoms in total. The first-order valence-electron chi connectivity index (χ1n) is 5.58. The third-order valence-corrected chi connectivity index (χ3v) is 4.01. The smallest absolute Gasteiger partial charge is 0.287 e. The highest BCUT2D eigenvalue weighted by Gasteiger charge is 2.19. The summed E-state index contributed by atoms with van der Waals surface area (Å²) >= 11 is 6.10. The molecule has 0 amide bonds. The van der Waals surface area contributed by atoms with Gasteiger partial charge in [-0.05, 0) is 39.7 Å². The maximum absolute atomic E-state index is 13.8. The lowest BCUT2D eigenvalue weighted by Crippen LogP contribution is -1.97. The Morgan fingerprint density at radius 2 is 1.86 bits per heavy atom. The van der Waals surface area contributed by atoms with Gasteiger partial charge in [0.05, 0.1) is 4.92 Å². The lowest BCUT2D eigenvalue weighted by molar-refractivity contribution is -0.385. The van der Waals surface area contributed by atoms with Crippen LogP contribution < -0.4 is 4.74 Å². The van der Waals surface area contributed by atoms with E-state index in [1.807, 2.05) is 0 Å². The summed E-state index contributed by atoms with van der Waals surface area (Å²) < 4.78 is 32.8. The van der Waals surface area contributed by atoms with Crippen LogP contribution in [-0.4, -0.2) is 4.92 Å². The molecule has 2 aromatic carbocycles. The van der Waals surface area contributed by atoms with Crippen LogP contribution in [0.25, 0.3) is 0 Å². The number of nitro groups is 1. The predicted octanol–water partition coefficient (Wildman–Crippen LogP) is 5.32. The van der Waals surface area contributed by atoms with Crippen LogP contribution in [0.4, 0.5) is 14.5 Å². The second kappa shape index (κ2) is 6.48. The van der Waals surface area contributed by atoms with Crippen molar-refractivity contribution in [3.05, 3.63) is 62.1 Å². The van der Waals surface area contributed by atoms with Gasteiger partial charge in [0.1, 0.15) is 10.2 Å². The zero-order chi connectivity index (χ0) is 15.6. The molecule has 0 aliphatic heterocycles. The Hall–Kier alpha value is -1.54. The Balaban J connectivity index is 2.44. The third kappa shape index (κ3) is 3.38. The van der Waals surface area contributed by atoms with Crippen LogP contribution in [0, 0.1) is 21.7 Å². The number of nitro benzene ring substituents is 1. The Bertz CT molecular complexity index is 687. The molecule has 2 aromatic rings. The molecule has 21 heavy (non-hydrogen) atoms. The van der Waals surface area contributed by atoms with Crippen molar-refractivity contribution in [3.63, 3.8) is 0 Å². The topological polar surface area (TPSA) is 52.4 Å². The fraction of sp³-hybridized carbons (Fsp3) is 0.0769. The molecule has 0 aliphatic rings. The van der Waals surface area contributed by atoms with Crippen LogP contribution in [0.1, 0.15) is 5.56 Å². The van der Waals surface area contributed by atoms with Gasteiger partial charge < -0.3 is 4.74 Å². The summed E-state index contributed by atoms with van der Waals surface area (Å²) in [7, 11) is 0. The van der Waals surface area contributed by atoms with E-state index >= 15 is 0 Å². The van der Waals surface area contributed by atoms with Gasteiger partial charge in [-0.25, -0.2) is 8.78 Å². The first kappa shape index (κ1) is 15.8. The summed E-state index contributed by atoms with van der Waals surface area (Å²) in [4.78, 5) is 10.2. The molecule has 0 aromatic heterocycles. The molecule has 2 rings (SSSR count). The van der Waals surface area contributed by atoms with Crippen molar-refractivity contribution in [3.8, 4) is 11.5 Å². The van der Waals surface area contributed by atoms with Gasteiger partial charge in [0.2, 0.25) is 0 Å². The van der Waals surface area contributed by atoms with Gasteiger partial charge in [0, 0.05) is 11.4 Å². The van der Waals surface area contributed by atoms with Crippen molar-refractivity contribution < 1.29 is 18.4 Å². The van der Waals surface area contributed by atoms with Crippen molar-refractivity contribution in [2.75, 3.05) is 0 Å². The van der Waals surface area contributed by atoms with E-state index in [2.05, 4.69) is 31.9 Å².